The van der Waals surface area contributed by atoms with E-state index in [-0.39, 0.29) is 5.91 Å². The molecule has 2 heteroatoms. The zero-order valence-corrected chi connectivity index (χ0v) is 6.16. The smallest absolute Gasteiger partial charge is 0.267 e. The molecule has 0 saturated carbocycles. The first-order valence-electron chi connectivity index (χ1n) is 3.46. The van der Waals surface area contributed by atoms with Crippen LogP contribution in [0.15, 0.2) is 23.2 Å². The monoisotopic (exact) mass is 145 g/mol. The fraction of sp³-hybridized carbons (Fsp3) is 0.111. The molecule has 1 aromatic rings. The second-order valence-corrected chi connectivity index (χ2v) is 2.65. The number of aliphatic imine (C=N–C) groups is 1. The van der Waals surface area contributed by atoms with Crippen LogP contribution in [-0.2, 0) is 0 Å². The van der Waals surface area contributed by atoms with E-state index in [1.165, 1.54) is 0 Å². The van der Waals surface area contributed by atoms with Crippen LogP contribution in [-0.4, -0.2) is 12.1 Å². The Morgan fingerprint density at radius 3 is 3.00 bits per heavy atom. The fourth-order valence-corrected chi connectivity index (χ4v) is 1.18. The number of hydrogen-bond acceptors (Lipinski definition) is 1. The Labute approximate surface area is 64.6 Å². The van der Waals surface area contributed by atoms with Crippen molar-refractivity contribution in [2.75, 3.05) is 0 Å². The van der Waals surface area contributed by atoms with E-state index in [0.29, 0.717) is 0 Å². The molecule has 0 unspecified atom stereocenters. The number of hydrogen-bond donors (Lipinski definition) is 0. The van der Waals surface area contributed by atoms with Crippen LogP contribution < -0.4 is 0 Å². The molecule has 54 valence electrons. The zero-order valence-electron chi connectivity index (χ0n) is 6.16. The highest BCUT2D eigenvalue weighted by molar-refractivity contribution is 6.12. The number of benzene rings is 1. The van der Waals surface area contributed by atoms with Gasteiger partial charge in [0.05, 0.1) is 5.56 Å². The molecule has 0 N–H and O–H groups in total. The molecular weight excluding hydrogens is 138 g/mol. The average Bonchev–Trinajstić information content (AvgIpc) is 2.32. The van der Waals surface area contributed by atoms with Crippen molar-refractivity contribution in [1.82, 2.24) is 0 Å². The lowest BCUT2D eigenvalue weighted by Gasteiger charge is -1.95. The summed E-state index contributed by atoms with van der Waals surface area (Å²) in [6.07, 6.45) is 1.62. The van der Waals surface area contributed by atoms with Gasteiger partial charge in [0, 0.05) is 11.8 Å². The van der Waals surface area contributed by atoms with Crippen molar-refractivity contribution in [2.45, 2.75) is 6.92 Å². The standard InChI is InChI=1S/C9H7NO/c1-6-2-3-8-7(4-6)5-10-9(8)11/h2-5H,1H3. The van der Waals surface area contributed by atoms with Gasteiger partial charge in [-0.15, -0.1) is 0 Å². The maximum atomic E-state index is 11.0. The normalized spacial score (nSPS) is 13.7. The second-order valence-electron chi connectivity index (χ2n) is 2.65. The Bertz CT molecular complexity index is 353. The molecule has 0 spiro atoms. The summed E-state index contributed by atoms with van der Waals surface area (Å²) < 4.78 is 0. The summed E-state index contributed by atoms with van der Waals surface area (Å²) >= 11 is 0. The van der Waals surface area contributed by atoms with Gasteiger partial charge in [-0.25, -0.2) is 4.99 Å². The van der Waals surface area contributed by atoms with Crippen LogP contribution in [0.4, 0.5) is 0 Å². The van der Waals surface area contributed by atoms with Gasteiger partial charge in [0.1, 0.15) is 0 Å². The number of fused-ring (bicyclic) bond motifs is 1. The number of carbonyl (C=O) groups excluding carboxylic acids is 1. The molecule has 0 fully saturated rings. The summed E-state index contributed by atoms with van der Waals surface area (Å²) in [6, 6.07) is 5.70. The van der Waals surface area contributed by atoms with Crippen molar-refractivity contribution in [2.24, 2.45) is 4.99 Å². The number of aryl methyl sites for hydroxylation is 1. The fourth-order valence-electron chi connectivity index (χ4n) is 1.18. The molecule has 0 aromatic heterocycles. The van der Waals surface area contributed by atoms with Crippen LogP contribution in [0.1, 0.15) is 21.5 Å². The Morgan fingerprint density at radius 2 is 2.18 bits per heavy atom. The summed E-state index contributed by atoms with van der Waals surface area (Å²) in [5.41, 5.74) is 2.82. The van der Waals surface area contributed by atoms with Crippen LogP contribution in [0, 0.1) is 6.92 Å². The van der Waals surface area contributed by atoms with Crippen LogP contribution in [0.2, 0.25) is 0 Å². The second kappa shape index (κ2) is 2.02. The maximum Gasteiger partial charge on any atom is 0.277 e. The van der Waals surface area contributed by atoms with Gasteiger partial charge in [-0.3, -0.25) is 4.79 Å². The van der Waals surface area contributed by atoms with E-state index in [1.54, 1.807) is 6.21 Å². The molecule has 1 amide bonds. The van der Waals surface area contributed by atoms with Crippen molar-refractivity contribution in [3.8, 4) is 0 Å². The van der Waals surface area contributed by atoms with E-state index in [1.807, 2.05) is 25.1 Å². The summed E-state index contributed by atoms with van der Waals surface area (Å²) in [7, 11) is 0. The Balaban J connectivity index is 2.66. The first kappa shape index (κ1) is 6.28. The minimum atomic E-state index is -0.125. The van der Waals surface area contributed by atoms with E-state index in [2.05, 4.69) is 4.99 Å². The molecule has 1 heterocycles. The maximum absolute atomic E-state index is 11.0. The van der Waals surface area contributed by atoms with Crippen LogP contribution >= 0.6 is 0 Å². The quantitative estimate of drug-likeness (QED) is 0.544. The zero-order chi connectivity index (χ0) is 7.84. The lowest BCUT2D eigenvalue weighted by atomic mass is 10.1. The molecule has 1 aliphatic rings. The molecule has 1 aromatic carbocycles. The highest BCUT2D eigenvalue weighted by atomic mass is 16.1. The third-order valence-corrected chi connectivity index (χ3v) is 1.76. The highest BCUT2D eigenvalue weighted by Gasteiger charge is 2.13. The van der Waals surface area contributed by atoms with Crippen LogP contribution in [0.3, 0.4) is 0 Å². The van der Waals surface area contributed by atoms with Crippen molar-refractivity contribution in [3.05, 3.63) is 34.9 Å². The summed E-state index contributed by atoms with van der Waals surface area (Å²) in [4.78, 5) is 14.7. The van der Waals surface area contributed by atoms with Gasteiger partial charge >= 0.3 is 0 Å². The molecule has 2 nitrogen and oxygen atoms in total. The van der Waals surface area contributed by atoms with Gasteiger partial charge in [-0.05, 0) is 19.1 Å². The first-order chi connectivity index (χ1) is 5.27. The molecule has 1 aliphatic heterocycles. The minimum absolute atomic E-state index is 0.125. The summed E-state index contributed by atoms with van der Waals surface area (Å²) in [5, 5.41) is 0. The number of carbonyl (C=O) groups is 1. The van der Waals surface area contributed by atoms with Crippen molar-refractivity contribution < 1.29 is 4.79 Å². The Hall–Kier alpha value is -1.44. The number of rotatable bonds is 0. The lowest BCUT2D eigenvalue weighted by molar-refractivity contribution is 0.101. The van der Waals surface area contributed by atoms with Gasteiger partial charge in [0.15, 0.2) is 0 Å². The predicted molar refractivity (Wildman–Crippen MR) is 43.1 cm³/mol. The van der Waals surface area contributed by atoms with Crippen LogP contribution in [0.25, 0.3) is 0 Å². The topological polar surface area (TPSA) is 29.4 Å². The molecule has 11 heavy (non-hydrogen) atoms. The summed E-state index contributed by atoms with van der Waals surface area (Å²) in [5.74, 6) is -0.125. The molecule has 0 atom stereocenters. The largest absolute Gasteiger partial charge is 0.277 e. The van der Waals surface area contributed by atoms with Gasteiger partial charge in [0.25, 0.3) is 5.91 Å². The third-order valence-electron chi connectivity index (χ3n) is 1.76. The van der Waals surface area contributed by atoms with Crippen LogP contribution in [0.5, 0.6) is 0 Å². The molecule has 2 rings (SSSR count). The minimum Gasteiger partial charge on any atom is -0.267 e. The van der Waals surface area contributed by atoms with Gasteiger partial charge in [-0.2, -0.15) is 0 Å². The molecule has 0 bridgehead atoms. The predicted octanol–water partition coefficient (Wildman–Crippen LogP) is 1.57. The lowest BCUT2D eigenvalue weighted by Crippen LogP contribution is -1.91. The van der Waals surface area contributed by atoms with Gasteiger partial charge in [0.2, 0.25) is 0 Å². The molecule has 0 aliphatic carbocycles. The average molecular weight is 145 g/mol. The number of nitrogens with zero attached hydrogens (tertiary/aromatic N) is 1. The Kier molecular flexibility index (Phi) is 1.15. The van der Waals surface area contributed by atoms with E-state index < -0.39 is 0 Å². The van der Waals surface area contributed by atoms with Crippen molar-refractivity contribution in [3.63, 3.8) is 0 Å². The van der Waals surface area contributed by atoms with Crippen molar-refractivity contribution in [1.29, 1.82) is 0 Å². The third kappa shape index (κ3) is 0.871. The van der Waals surface area contributed by atoms with E-state index in [0.717, 1.165) is 16.7 Å². The Morgan fingerprint density at radius 1 is 1.36 bits per heavy atom. The van der Waals surface area contributed by atoms with E-state index in [4.69, 9.17) is 0 Å². The summed E-state index contributed by atoms with van der Waals surface area (Å²) in [6.45, 7) is 2.00. The van der Waals surface area contributed by atoms with E-state index >= 15 is 0 Å². The van der Waals surface area contributed by atoms with Crippen molar-refractivity contribution >= 4 is 12.1 Å². The van der Waals surface area contributed by atoms with E-state index in [9.17, 15) is 4.79 Å². The first-order valence-corrected chi connectivity index (χ1v) is 3.46. The van der Waals surface area contributed by atoms with Gasteiger partial charge < -0.3 is 0 Å². The highest BCUT2D eigenvalue weighted by Crippen LogP contribution is 2.15. The number of amides is 1. The molecule has 0 saturated heterocycles. The molecule has 0 radical (unpaired) electrons. The van der Waals surface area contributed by atoms with Gasteiger partial charge in [-0.1, -0.05) is 11.6 Å². The molecular formula is C9H7NO. The SMILES string of the molecule is Cc1ccc2c(c1)C=NC2=O.